The quantitative estimate of drug-likeness (QED) is 0.530. The summed E-state index contributed by atoms with van der Waals surface area (Å²) in [5, 5.41) is 14.6. The predicted molar refractivity (Wildman–Crippen MR) is 8.80 cm³/mol. The van der Waals surface area contributed by atoms with Gasteiger partial charge >= 0.3 is 41.1 Å². The molecule has 0 saturated heterocycles. The first-order valence-corrected chi connectivity index (χ1v) is 5.82. The van der Waals surface area contributed by atoms with Crippen molar-refractivity contribution >= 4 is 0 Å². The fourth-order valence-electron chi connectivity index (χ4n) is 0.0136. The van der Waals surface area contributed by atoms with Gasteiger partial charge in [-0.1, -0.05) is 0 Å². The van der Waals surface area contributed by atoms with Gasteiger partial charge in [-0.15, -0.1) is 0 Å². The Labute approximate surface area is 41.9 Å². The van der Waals surface area contributed by atoms with Crippen LogP contribution < -0.4 is 0 Å². The number of rotatable bonds is 2. The van der Waals surface area contributed by atoms with Crippen molar-refractivity contribution in [1.82, 2.24) is 0 Å². The summed E-state index contributed by atoms with van der Waals surface area (Å²) >= 11 is -5.66. The Kier molecular flexibility index (Phi) is 2.48. The minimum absolute atomic E-state index is 2.71. The summed E-state index contributed by atoms with van der Waals surface area (Å²) in [6.07, 6.45) is 0. The first-order chi connectivity index (χ1) is 3.12. The van der Waals surface area contributed by atoms with Crippen molar-refractivity contribution in [2.75, 3.05) is 0 Å². The van der Waals surface area contributed by atoms with E-state index in [0.29, 0.717) is 0 Å². The summed E-state index contributed by atoms with van der Waals surface area (Å²) in [5.74, 6) is 0. The molecule has 7 heteroatoms. The van der Waals surface area contributed by atoms with E-state index in [0.717, 1.165) is 0 Å². The fraction of sp³-hybridized carbons (Fsp3) is 0. The van der Waals surface area contributed by atoms with E-state index in [1.807, 2.05) is 0 Å². The Morgan fingerprint density at radius 2 is 1.43 bits per heavy atom. The van der Waals surface area contributed by atoms with Crippen molar-refractivity contribution in [1.29, 1.82) is 0 Å². The molecule has 0 amide bonds. The van der Waals surface area contributed by atoms with Gasteiger partial charge in [0.1, 0.15) is 0 Å². The maximum absolute atomic E-state index is 9.55. The Morgan fingerprint density at radius 1 is 1.14 bits per heavy atom. The third-order valence-electron chi connectivity index (χ3n) is 0.183. The van der Waals surface area contributed by atoms with Gasteiger partial charge in [-0.05, 0) is 0 Å². The normalized spacial score (nSPS) is 11.7. The molecule has 2 N–H and O–H groups in total. The van der Waals surface area contributed by atoms with Gasteiger partial charge in [-0.2, -0.15) is 0 Å². The summed E-state index contributed by atoms with van der Waals surface area (Å²) in [6.45, 7) is 0. The molecule has 6 nitrogen and oxygen atoms in total. The van der Waals surface area contributed by atoms with Gasteiger partial charge in [0.2, 0.25) is 0 Å². The molecule has 0 heterocycles. The second-order valence-corrected chi connectivity index (χ2v) is 4.56. The van der Waals surface area contributed by atoms with E-state index in [-0.39, 0.29) is 0 Å². The molecule has 7 heavy (non-hydrogen) atoms. The van der Waals surface area contributed by atoms with Crippen molar-refractivity contribution in [2.24, 2.45) is 0 Å². The van der Waals surface area contributed by atoms with Crippen LogP contribution in [0.1, 0.15) is 0 Å². The summed E-state index contributed by atoms with van der Waals surface area (Å²) < 4.78 is 24.5. The van der Waals surface area contributed by atoms with Crippen LogP contribution >= 0.6 is 0 Å². The number of hydrogen-bond acceptors (Lipinski definition) is 6. The van der Waals surface area contributed by atoms with Gasteiger partial charge in [0, 0.05) is 0 Å². The zero-order valence-corrected chi connectivity index (χ0v) is 5.87. The molecule has 44 valence electrons. The number of hydrogen-bond donors (Lipinski definition) is 2. The Balaban J connectivity index is 3.89. The minimum atomic E-state index is -5.66. The average molecular weight is 282 g/mol. The van der Waals surface area contributed by atoms with Gasteiger partial charge in [-0.25, -0.2) is 0 Å². The first kappa shape index (κ1) is 7.13. The third-order valence-corrected chi connectivity index (χ3v) is 1.49. The van der Waals surface area contributed by atoms with E-state index in [1.165, 1.54) is 0 Å². The van der Waals surface area contributed by atoms with Crippen molar-refractivity contribution in [3.8, 4) is 0 Å². The van der Waals surface area contributed by atoms with Crippen LogP contribution in [-0.4, -0.2) is 10.5 Å². The summed E-state index contributed by atoms with van der Waals surface area (Å²) in [4.78, 5) is 0. The zero-order valence-electron chi connectivity index (χ0n) is 2.94. The van der Waals surface area contributed by atoms with E-state index < -0.39 is 16.7 Å². The van der Waals surface area contributed by atoms with E-state index in [4.69, 9.17) is 10.5 Å². The molecule has 0 bridgehead atoms. The van der Waals surface area contributed by atoms with Crippen LogP contribution in [0, 0.1) is 0 Å². The Morgan fingerprint density at radius 3 is 1.43 bits per heavy atom. The standard InChI is InChI=1S/2H2O2.2O.W/c2*1-2;;;/h2*1-2H;;;/q;;;;+2/p-2. The van der Waals surface area contributed by atoms with Gasteiger partial charge in [0.05, 0.1) is 0 Å². The Bertz CT molecular complexity index is 107. The first-order valence-electron chi connectivity index (χ1n) is 1.03. The maximum atomic E-state index is 9.55. The molecule has 0 aliphatic rings. The Hall–Kier alpha value is 0.128. The molecule has 0 radical (unpaired) electrons. The van der Waals surface area contributed by atoms with Crippen LogP contribution in [0.15, 0.2) is 0 Å². The van der Waals surface area contributed by atoms with Crippen LogP contribution in [0.2, 0.25) is 0 Å². The molecule has 0 aromatic rings. The van der Waals surface area contributed by atoms with Gasteiger partial charge in [-0.3, -0.25) is 0 Å². The fourth-order valence-corrected chi connectivity index (χ4v) is 0.111. The molecular formula is H2O6W. The van der Waals surface area contributed by atoms with E-state index in [1.54, 1.807) is 0 Å². The van der Waals surface area contributed by atoms with Crippen molar-refractivity contribution < 1.29 is 41.1 Å². The summed E-state index contributed by atoms with van der Waals surface area (Å²) in [5.41, 5.74) is 0. The molecule has 0 fully saturated rings. The summed E-state index contributed by atoms with van der Waals surface area (Å²) in [6, 6.07) is 0. The van der Waals surface area contributed by atoms with E-state index in [2.05, 4.69) is 7.08 Å². The molecule has 0 aliphatic heterocycles. The van der Waals surface area contributed by atoms with Crippen molar-refractivity contribution in [2.45, 2.75) is 0 Å². The molecule has 0 aliphatic carbocycles. The molecule has 0 spiro atoms. The molecule has 0 saturated carbocycles. The topological polar surface area (TPSA) is 93.1 Å². The van der Waals surface area contributed by atoms with Crippen LogP contribution in [0.3, 0.4) is 0 Å². The van der Waals surface area contributed by atoms with Gasteiger partial charge < -0.3 is 0 Å². The second-order valence-electron chi connectivity index (χ2n) is 0.557. The average Bonchev–Trinajstić information content (AvgIpc) is 1.68. The molecule has 0 unspecified atom stereocenters. The van der Waals surface area contributed by atoms with Gasteiger partial charge in [0.15, 0.2) is 0 Å². The zero-order chi connectivity index (χ0) is 5.91. The third kappa shape index (κ3) is 2.78. The predicted octanol–water partition coefficient (Wildman–Crippen LogP) is -0.359. The van der Waals surface area contributed by atoms with Crippen LogP contribution in [0.25, 0.3) is 0 Å². The molecule has 0 aromatic heterocycles. The van der Waals surface area contributed by atoms with Crippen molar-refractivity contribution in [3.63, 3.8) is 0 Å². The molecular weight excluding hydrogens is 280 g/mol. The molecule has 0 rings (SSSR count). The monoisotopic (exact) mass is 282 g/mol. The van der Waals surface area contributed by atoms with Crippen LogP contribution in [-0.2, 0) is 30.6 Å². The molecule has 0 aromatic carbocycles. The summed E-state index contributed by atoms with van der Waals surface area (Å²) in [7, 11) is 0. The van der Waals surface area contributed by atoms with Crippen LogP contribution in [0.5, 0.6) is 0 Å². The SMILES string of the molecule is [O]=[W](=[O])([O]O)[O]O. The van der Waals surface area contributed by atoms with Gasteiger partial charge in [0.25, 0.3) is 0 Å². The van der Waals surface area contributed by atoms with Crippen molar-refractivity contribution in [3.05, 3.63) is 0 Å². The molecule has 0 atom stereocenters. The van der Waals surface area contributed by atoms with E-state index >= 15 is 0 Å². The second kappa shape index (κ2) is 2.44. The van der Waals surface area contributed by atoms with Crippen LogP contribution in [0.4, 0.5) is 0 Å². The van der Waals surface area contributed by atoms with E-state index in [9.17, 15) is 6.80 Å².